The van der Waals surface area contributed by atoms with Gasteiger partial charge in [-0.2, -0.15) is 0 Å². The molecule has 22 heavy (non-hydrogen) atoms. The summed E-state index contributed by atoms with van der Waals surface area (Å²) >= 11 is 0. The van der Waals surface area contributed by atoms with E-state index in [1.54, 1.807) is 0 Å². The molecule has 0 aliphatic heterocycles. The molecule has 1 atom stereocenters. The van der Waals surface area contributed by atoms with Gasteiger partial charge in [0, 0.05) is 11.4 Å². The Bertz CT molecular complexity index is 626. The van der Waals surface area contributed by atoms with E-state index >= 15 is 0 Å². The largest absolute Gasteiger partial charge is 0.398 e. The maximum atomic E-state index is 12.0. The van der Waals surface area contributed by atoms with E-state index in [2.05, 4.69) is 5.32 Å². The van der Waals surface area contributed by atoms with Crippen LogP contribution in [0.5, 0.6) is 0 Å². The topological polar surface area (TPSA) is 64.3 Å². The fraction of sp³-hybridized carbons (Fsp3) is 0.278. The van der Waals surface area contributed by atoms with Crippen molar-refractivity contribution in [2.45, 2.75) is 26.4 Å². The van der Waals surface area contributed by atoms with Crippen LogP contribution in [0.3, 0.4) is 0 Å². The highest BCUT2D eigenvalue weighted by molar-refractivity contribution is 5.92. The number of hydrogen-bond acceptors (Lipinski definition) is 3. The highest BCUT2D eigenvalue weighted by atomic mass is 16.5. The van der Waals surface area contributed by atoms with Crippen LogP contribution < -0.4 is 11.1 Å². The summed E-state index contributed by atoms with van der Waals surface area (Å²) in [5.41, 5.74) is 9.24. The average Bonchev–Trinajstić information content (AvgIpc) is 2.52. The normalized spacial score (nSPS) is 11.9. The number of nitrogens with one attached hydrogen (secondary N) is 1. The summed E-state index contributed by atoms with van der Waals surface area (Å²) < 4.78 is 5.70. The van der Waals surface area contributed by atoms with Crippen molar-refractivity contribution in [3.8, 4) is 0 Å². The average molecular weight is 298 g/mol. The van der Waals surface area contributed by atoms with Gasteiger partial charge in [-0.25, -0.2) is 0 Å². The van der Waals surface area contributed by atoms with E-state index in [4.69, 9.17) is 10.5 Å². The third-order valence-corrected chi connectivity index (χ3v) is 3.62. The SMILES string of the molecule is Cc1c(N)cccc1NC(=O)CCOC(C)c1ccccc1. The molecule has 0 spiro atoms. The van der Waals surface area contributed by atoms with E-state index in [0.29, 0.717) is 18.7 Å². The monoisotopic (exact) mass is 298 g/mol. The molecule has 0 fully saturated rings. The first kappa shape index (κ1) is 16.0. The maximum Gasteiger partial charge on any atom is 0.226 e. The lowest BCUT2D eigenvalue weighted by molar-refractivity contribution is -0.117. The summed E-state index contributed by atoms with van der Waals surface area (Å²) in [5.74, 6) is -0.0750. The number of rotatable bonds is 6. The predicted molar refractivity (Wildman–Crippen MR) is 89.6 cm³/mol. The van der Waals surface area contributed by atoms with Gasteiger partial charge in [-0.1, -0.05) is 36.4 Å². The molecule has 116 valence electrons. The van der Waals surface area contributed by atoms with Crippen molar-refractivity contribution in [2.24, 2.45) is 0 Å². The van der Waals surface area contributed by atoms with Crippen LogP contribution >= 0.6 is 0 Å². The fourth-order valence-corrected chi connectivity index (χ4v) is 2.15. The molecular formula is C18H22N2O2. The maximum absolute atomic E-state index is 12.0. The molecule has 0 radical (unpaired) electrons. The molecule has 3 N–H and O–H groups in total. The summed E-state index contributed by atoms with van der Waals surface area (Å²) in [7, 11) is 0. The van der Waals surface area contributed by atoms with Gasteiger partial charge in [0.25, 0.3) is 0 Å². The van der Waals surface area contributed by atoms with Gasteiger partial charge in [0.2, 0.25) is 5.91 Å². The smallest absolute Gasteiger partial charge is 0.226 e. The predicted octanol–water partition coefficient (Wildman–Crippen LogP) is 3.68. The zero-order valence-electron chi connectivity index (χ0n) is 13.0. The van der Waals surface area contributed by atoms with Crippen LogP contribution in [0.15, 0.2) is 48.5 Å². The Labute approximate surface area is 131 Å². The minimum Gasteiger partial charge on any atom is -0.398 e. The Morgan fingerprint density at radius 1 is 1.18 bits per heavy atom. The molecule has 1 unspecified atom stereocenters. The molecule has 0 aliphatic carbocycles. The molecular weight excluding hydrogens is 276 g/mol. The molecule has 0 heterocycles. The molecule has 1 amide bonds. The minimum absolute atomic E-state index is 0.0249. The van der Waals surface area contributed by atoms with E-state index in [9.17, 15) is 4.79 Å². The molecule has 4 heteroatoms. The molecule has 2 rings (SSSR count). The van der Waals surface area contributed by atoms with Gasteiger partial charge in [-0.05, 0) is 37.1 Å². The van der Waals surface area contributed by atoms with Crippen molar-refractivity contribution < 1.29 is 9.53 Å². The Morgan fingerprint density at radius 3 is 2.64 bits per heavy atom. The zero-order valence-corrected chi connectivity index (χ0v) is 13.0. The number of carbonyl (C=O) groups excluding carboxylic acids is 1. The summed E-state index contributed by atoms with van der Waals surface area (Å²) in [6, 6.07) is 15.4. The van der Waals surface area contributed by atoms with E-state index in [1.807, 2.05) is 62.4 Å². The first-order valence-electron chi connectivity index (χ1n) is 7.39. The second-order valence-electron chi connectivity index (χ2n) is 5.24. The number of anilines is 2. The van der Waals surface area contributed by atoms with Crippen LogP contribution in [0.1, 0.15) is 30.6 Å². The zero-order chi connectivity index (χ0) is 15.9. The molecule has 0 bridgehead atoms. The van der Waals surface area contributed by atoms with Crippen LogP contribution in [-0.4, -0.2) is 12.5 Å². The van der Waals surface area contributed by atoms with Crippen LogP contribution in [0.25, 0.3) is 0 Å². The molecule has 2 aromatic rings. The van der Waals surface area contributed by atoms with Crippen LogP contribution in [0.2, 0.25) is 0 Å². The lowest BCUT2D eigenvalue weighted by Gasteiger charge is -2.14. The van der Waals surface area contributed by atoms with Gasteiger partial charge in [0.05, 0.1) is 19.1 Å². The third kappa shape index (κ3) is 4.33. The Balaban J connectivity index is 1.80. The van der Waals surface area contributed by atoms with E-state index < -0.39 is 0 Å². The van der Waals surface area contributed by atoms with Crippen LogP contribution in [-0.2, 0) is 9.53 Å². The number of nitrogens with two attached hydrogens (primary N) is 1. The standard InChI is InChI=1S/C18H22N2O2/c1-13-16(19)9-6-10-17(13)20-18(21)11-12-22-14(2)15-7-4-3-5-8-15/h3-10,14H,11-12,19H2,1-2H3,(H,20,21). The number of nitrogen functional groups attached to an aromatic ring is 1. The summed E-state index contributed by atoms with van der Waals surface area (Å²) in [6.07, 6.45) is 0.286. The van der Waals surface area contributed by atoms with Gasteiger partial charge in [0.15, 0.2) is 0 Å². The minimum atomic E-state index is -0.0750. The fourth-order valence-electron chi connectivity index (χ4n) is 2.15. The van der Waals surface area contributed by atoms with Gasteiger partial charge < -0.3 is 15.8 Å². The number of ether oxygens (including phenoxy) is 1. The first-order chi connectivity index (χ1) is 10.6. The lowest BCUT2D eigenvalue weighted by atomic mass is 10.1. The summed E-state index contributed by atoms with van der Waals surface area (Å²) in [5, 5.41) is 2.87. The summed E-state index contributed by atoms with van der Waals surface area (Å²) in [6.45, 7) is 4.25. The lowest BCUT2D eigenvalue weighted by Crippen LogP contribution is -2.16. The molecule has 2 aromatic carbocycles. The Kier molecular flexibility index (Phi) is 5.55. The van der Waals surface area contributed by atoms with Crippen molar-refractivity contribution in [1.82, 2.24) is 0 Å². The molecule has 0 aromatic heterocycles. The highest BCUT2D eigenvalue weighted by Crippen LogP contribution is 2.21. The van der Waals surface area contributed by atoms with Gasteiger partial charge in [-0.3, -0.25) is 4.79 Å². The summed E-state index contributed by atoms with van der Waals surface area (Å²) in [4.78, 5) is 12.0. The van der Waals surface area contributed by atoms with E-state index in [1.165, 1.54) is 0 Å². The second-order valence-corrected chi connectivity index (χ2v) is 5.24. The van der Waals surface area contributed by atoms with Gasteiger partial charge in [0.1, 0.15) is 0 Å². The molecule has 0 saturated heterocycles. The molecule has 0 saturated carbocycles. The third-order valence-electron chi connectivity index (χ3n) is 3.62. The van der Waals surface area contributed by atoms with Crippen molar-refractivity contribution in [2.75, 3.05) is 17.7 Å². The van der Waals surface area contributed by atoms with Crippen molar-refractivity contribution in [3.05, 3.63) is 59.7 Å². The van der Waals surface area contributed by atoms with Crippen LogP contribution in [0, 0.1) is 6.92 Å². The number of carbonyl (C=O) groups is 1. The number of amides is 1. The molecule has 4 nitrogen and oxygen atoms in total. The van der Waals surface area contributed by atoms with E-state index in [0.717, 1.165) is 16.8 Å². The Morgan fingerprint density at radius 2 is 1.91 bits per heavy atom. The first-order valence-corrected chi connectivity index (χ1v) is 7.39. The van der Waals surface area contributed by atoms with Crippen molar-refractivity contribution >= 4 is 17.3 Å². The Hall–Kier alpha value is -2.33. The second kappa shape index (κ2) is 7.61. The quantitative estimate of drug-likeness (QED) is 0.799. The van der Waals surface area contributed by atoms with Gasteiger partial charge >= 0.3 is 0 Å². The van der Waals surface area contributed by atoms with Gasteiger partial charge in [-0.15, -0.1) is 0 Å². The van der Waals surface area contributed by atoms with E-state index in [-0.39, 0.29) is 12.0 Å². The van der Waals surface area contributed by atoms with Crippen molar-refractivity contribution in [1.29, 1.82) is 0 Å². The highest BCUT2D eigenvalue weighted by Gasteiger charge is 2.09. The molecule has 0 aliphatic rings. The number of benzene rings is 2. The van der Waals surface area contributed by atoms with Crippen LogP contribution in [0.4, 0.5) is 11.4 Å². The number of hydrogen-bond donors (Lipinski definition) is 2. The van der Waals surface area contributed by atoms with Crippen molar-refractivity contribution in [3.63, 3.8) is 0 Å².